The number of pyridine rings is 1. The molecule has 146 valence electrons. The summed E-state index contributed by atoms with van der Waals surface area (Å²) < 4.78 is 28.9. The van der Waals surface area contributed by atoms with E-state index in [-0.39, 0.29) is 23.5 Å². The number of imidazole rings is 1. The average Bonchev–Trinajstić information content (AvgIpc) is 3.13. The van der Waals surface area contributed by atoms with Gasteiger partial charge in [0.1, 0.15) is 5.82 Å². The van der Waals surface area contributed by atoms with Crippen molar-refractivity contribution in [3.05, 3.63) is 36.4 Å². The van der Waals surface area contributed by atoms with Crippen LogP contribution in [0.15, 0.2) is 35.7 Å². The number of aryl methyl sites for hydroxylation is 1. The minimum Gasteiger partial charge on any atom is -0.334 e. The summed E-state index contributed by atoms with van der Waals surface area (Å²) in [5.74, 6) is -0.139. The monoisotopic (exact) mass is 391 g/mol. The van der Waals surface area contributed by atoms with Crippen molar-refractivity contribution >= 4 is 21.7 Å². The van der Waals surface area contributed by atoms with Crippen LogP contribution >= 0.6 is 0 Å². The second-order valence-electron chi connectivity index (χ2n) is 7.11. The van der Waals surface area contributed by atoms with Crippen LogP contribution in [0.4, 0.5) is 5.82 Å². The van der Waals surface area contributed by atoms with E-state index in [1.807, 2.05) is 32.9 Å². The minimum absolute atomic E-state index is 0.0256. The van der Waals surface area contributed by atoms with E-state index in [4.69, 9.17) is 0 Å². The second-order valence-corrected chi connectivity index (χ2v) is 8.99. The molecule has 1 amide bonds. The molecule has 0 saturated carbocycles. The molecular weight excluding hydrogens is 366 g/mol. The zero-order valence-corrected chi connectivity index (χ0v) is 16.6. The average molecular weight is 391 g/mol. The van der Waals surface area contributed by atoms with Crippen LogP contribution in [0.1, 0.15) is 38.4 Å². The smallest absolute Gasteiger partial charge is 0.262 e. The molecule has 8 nitrogen and oxygen atoms in total. The molecule has 0 unspecified atom stereocenters. The molecule has 1 aliphatic heterocycles. The number of aromatic nitrogens is 3. The van der Waals surface area contributed by atoms with Crippen molar-refractivity contribution in [2.24, 2.45) is 5.92 Å². The Labute approximate surface area is 159 Å². The molecule has 1 N–H and O–H groups in total. The van der Waals surface area contributed by atoms with E-state index in [0.29, 0.717) is 25.2 Å². The second kappa shape index (κ2) is 7.77. The lowest BCUT2D eigenvalue weighted by Gasteiger charge is -2.30. The molecule has 1 atom stereocenters. The first-order valence-corrected chi connectivity index (χ1v) is 10.5. The highest BCUT2D eigenvalue weighted by Crippen LogP contribution is 2.24. The molecule has 3 heterocycles. The fraction of sp³-hybridized carbons (Fsp3) is 0.500. The van der Waals surface area contributed by atoms with Crippen LogP contribution in [-0.2, 0) is 14.8 Å². The van der Waals surface area contributed by atoms with Crippen LogP contribution in [0.2, 0.25) is 0 Å². The number of hydrogen-bond acceptors (Lipinski definition) is 5. The third-order valence-corrected chi connectivity index (χ3v) is 6.42. The number of hydrogen-bond donors (Lipinski definition) is 1. The standard InChI is InChI=1S/C18H25N5O3S/c1-13(2)22-11-17(19-12-22)27(25,26)23-9-5-7-15(10-23)18(24)21-16-8-4-6-14(3)20-16/h4,6,8,11-13,15H,5,7,9-10H2,1-3H3,(H,20,21,24)/t15-/m0/s1. The van der Waals surface area contributed by atoms with Gasteiger partial charge in [-0.05, 0) is 45.7 Å². The van der Waals surface area contributed by atoms with Crippen LogP contribution in [-0.4, -0.2) is 46.3 Å². The summed E-state index contributed by atoms with van der Waals surface area (Å²) >= 11 is 0. The minimum atomic E-state index is -3.71. The lowest BCUT2D eigenvalue weighted by Crippen LogP contribution is -2.43. The summed E-state index contributed by atoms with van der Waals surface area (Å²) in [5, 5.41) is 2.82. The zero-order chi connectivity index (χ0) is 19.6. The predicted molar refractivity (Wildman–Crippen MR) is 102 cm³/mol. The lowest BCUT2D eigenvalue weighted by molar-refractivity contribution is -0.120. The van der Waals surface area contributed by atoms with Crippen LogP contribution in [0.5, 0.6) is 0 Å². The number of anilines is 1. The van der Waals surface area contributed by atoms with E-state index >= 15 is 0 Å². The number of piperidine rings is 1. The van der Waals surface area contributed by atoms with Crippen molar-refractivity contribution in [3.8, 4) is 0 Å². The molecule has 2 aromatic heterocycles. The van der Waals surface area contributed by atoms with Gasteiger partial charge < -0.3 is 9.88 Å². The number of nitrogens with zero attached hydrogens (tertiary/aromatic N) is 4. The third-order valence-electron chi connectivity index (χ3n) is 4.67. The Morgan fingerprint density at radius 3 is 2.78 bits per heavy atom. The quantitative estimate of drug-likeness (QED) is 0.843. The normalized spacial score (nSPS) is 18.6. The molecule has 3 rings (SSSR count). The van der Waals surface area contributed by atoms with Gasteiger partial charge in [-0.25, -0.2) is 18.4 Å². The van der Waals surface area contributed by atoms with Gasteiger partial charge in [-0.15, -0.1) is 0 Å². The van der Waals surface area contributed by atoms with Crippen molar-refractivity contribution in [1.82, 2.24) is 18.8 Å². The lowest BCUT2D eigenvalue weighted by atomic mass is 9.99. The molecule has 0 bridgehead atoms. The number of amides is 1. The van der Waals surface area contributed by atoms with Gasteiger partial charge in [0.15, 0.2) is 5.03 Å². The highest BCUT2D eigenvalue weighted by molar-refractivity contribution is 7.89. The molecule has 2 aromatic rings. The topological polar surface area (TPSA) is 97.2 Å². The van der Waals surface area contributed by atoms with E-state index < -0.39 is 15.9 Å². The van der Waals surface area contributed by atoms with Crippen molar-refractivity contribution in [2.75, 3.05) is 18.4 Å². The molecule has 0 spiro atoms. The first-order valence-electron chi connectivity index (χ1n) is 9.05. The Morgan fingerprint density at radius 2 is 2.11 bits per heavy atom. The molecule has 0 radical (unpaired) electrons. The maximum Gasteiger partial charge on any atom is 0.262 e. The summed E-state index contributed by atoms with van der Waals surface area (Å²) in [6, 6.07) is 5.52. The van der Waals surface area contributed by atoms with E-state index in [0.717, 1.165) is 5.69 Å². The number of carbonyl (C=O) groups excluding carboxylic acids is 1. The van der Waals surface area contributed by atoms with Gasteiger partial charge in [-0.2, -0.15) is 4.31 Å². The van der Waals surface area contributed by atoms with Gasteiger partial charge in [0, 0.05) is 31.0 Å². The van der Waals surface area contributed by atoms with Crippen molar-refractivity contribution in [3.63, 3.8) is 0 Å². The molecule has 9 heteroatoms. The van der Waals surface area contributed by atoms with Crippen LogP contribution in [0, 0.1) is 12.8 Å². The summed E-state index contributed by atoms with van der Waals surface area (Å²) in [6.07, 6.45) is 4.34. The maximum absolute atomic E-state index is 12.9. The Bertz CT molecular complexity index is 923. The van der Waals surface area contributed by atoms with Crippen molar-refractivity contribution in [1.29, 1.82) is 0 Å². The van der Waals surface area contributed by atoms with E-state index in [1.165, 1.54) is 10.6 Å². The van der Waals surface area contributed by atoms with Gasteiger partial charge in [-0.3, -0.25) is 4.79 Å². The first kappa shape index (κ1) is 19.5. The van der Waals surface area contributed by atoms with Crippen LogP contribution < -0.4 is 5.32 Å². The van der Waals surface area contributed by atoms with E-state index in [9.17, 15) is 13.2 Å². The number of sulfonamides is 1. The van der Waals surface area contributed by atoms with Crippen molar-refractivity contribution < 1.29 is 13.2 Å². The van der Waals surface area contributed by atoms with Gasteiger partial charge in [0.2, 0.25) is 5.91 Å². The Morgan fingerprint density at radius 1 is 1.33 bits per heavy atom. The molecule has 1 saturated heterocycles. The Balaban J connectivity index is 1.71. The van der Waals surface area contributed by atoms with Gasteiger partial charge in [0.05, 0.1) is 12.2 Å². The van der Waals surface area contributed by atoms with Crippen LogP contribution in [0.25, 0.3) is 0 Å². The molecule has 1 fully saturated rings. The van der Waals surface area contributed by atoms with E-state index in [1.54, 1.807) is 16.8 Å². The SMILES string of the molecule is Cc1cccc(NC(=O)[C@H]2CCCN(S(=O)(=O)c3cn(C(C)C)cn3)C2)n1. The molecule has 0 aromatic carbocycles. The Kier molecular flexibility index (Phi) is 5.61. The molecule has 27 heavy (non-hydrogen) atoms. The molecular formula is C18H25N5O3S. The third kappa shape index (κ3) is 4.36. The summed E-state index contributed by atoms with van der Waals surface area (Å²) in [6.45, 7) is 6.30. The zero-order valence-electron chi connectivity index (χ0n) is 15.8. The highest BCUT2D eigenvalue weighted by atomic mass is 32.2. The van der Waals surface area contributed by atoms with E-state index in [2.05, 4.69) is 15.3 Å². The predicted octanol–water partition coefficient (Wildman–Crippen LogP) is 2.21. The largest absolute Gasteiger partial charge is 0.334 e. The van der Waals surface area contributed by atoms with Crippen LogP contribution in [0.3, 0.4) is 0 Å². The summed E-state index contributed by atoms with van der Waals surface area (Å²) in [4.78, 5) is 20.9. The fourth-order valence-electron chi connectivity index (χ4n) is 3.08. The van der Waals surface area contributed by atoms with Gasteiger partial charge >= 0.3 is 0 Å². The maximum atomic E-state index is 12.9. The molecule has 1 aliphatic rings. The number of rotatable bonds is 5. The Hall–Kier alpha value is -2.26. The number of carbonyl (C=O) groups is 1. The summed E-state index contributed by atoms with van der Waals surface area (Å²) in [5.41, 5.74) is 0.807. The van der Waals surface area contributed by atoms with Crippen molar-refractivity contribution in [2.45, 2.75) is 44.7 Å². The first-order chi connectivity index (χ1) is 12.8. The molecule has 0 aliphatic carbocycles. The van der Waals surface area contributed by atoms with Gasteiger partial charge in [-0.1, -0.05) is 6.07 Å². The number of nitrogens with one attached hydrogen (secondary N) is 1. The summed E-state index contributed by atoms with van der Waals surface area (Å²) in [7, 11) is -3.71. The van der Waals surface area contributed by atoms with Gasteiger partial charge in [0.25, 0.3) is 10.0 Å². The highest BCUT2D eigenvalue weighted by Gasteiger charge is 2.34. The fourth-order valence-corrected chi connectivity index (χ4v) is 4.53.